The van der Waals surface area contributed by atoms with Crippen LogP contribution in [0, 0.1) is 11.3 Å². The lowest BCUT2D eigenvalue weighted by atomic mass is 10.1. The van der Waals surface area contributed by atoms with Crippen molar-refractivity contribution in [3.8, 4) is 17.3 Å². The van der Waals surface area contributed by atoms with E-state index in [2.05, 4.69) is 21.0 Å². The third kappa shape index (κ3) is 3.09. The first-order valence-electron chi connectivity index (χ1n) is 6.27. The molecule has 108 valence electrons. The number of halogens is 2. The summed E-state index contributed by atoms with van der Waals surface area (Å²) < 4.78 is 0. The second-order valence-electron chi connectivity index (χ2n) is 4.39. The fraction of sp³-hybridized carbons (Fsp3) is 0.0667. The van der Waals surface area contributed by atoms with Crippen LogP contribution in [0.1, 0.15) is 16.6 Å². The Morgan fingerprint density at radius 3 is 2.77 bits per heavy atom. The number of hydrogen-bond acceptors (Lipinski definition) is 5. The molecule has 4 nitrogen and oxygen atoms in total. The molecular weight excluding hydrogens is 339 g/mol. The Balaban J connectivity index is 1.97. The molecule has 2 heterocycles. The van der Waals surface area contributed by atoms with Gasteiger partial charge in [-0.25, -0.2) is 15.0 Å². The van der Waals surface area contributed by atoms with Crippen molar-refractivity contribution in [1.82, 2.24) is 15.0 Å². The lowest BCUT2D eigenvalue weighted by Gasteiger charge is -2.04. The molecule has 3 aromatic rings. The zero-order valence-corrected chi connectivity index (χ0v) is 13.4. The van der Waals surface area contributed by atoms with Gasteiger partial charge in [0.1, 0.15) is 10.9 Å². The number of rotatable bonds is 3. The molecule has 1 atom stereocenters. The van der Waals surface area contributed by atoms with E-state index in [1.807, 2.05) is 23.6 Å². The molecule has 2 aromatic heterocycles. The van der Waals surface area contributed by atoms with E-state index in [4.69, 9.17) is 23.2 Å². The van der Waals surface area contributed by atoms with E-state index in [0.29, 0.717) is 15.7 Å². The van der Waals surface area contributed by atoms with Gasteiger partial charge in [0.15, 0.2) is 0 Å². The van der Waals surface area contributed by atoms with Crippen molar-refractivity contribution in [2.45, 2.75) is 5.92 Å². The van der Waals surface area contributed by atoms with Crippen molar-refractivity contribution >= 4 is 34.5 Å². The van der Waals surface area contributed by atoms with Crippen LogP contribution in [-0.4, -0.2) is 15.0 Å². The number of aromatic nitrogens is 3. The van der Waals surface area contributed by atoms with Gasteiger partial charge < -0.3 is 0 Å². The van der Waals surface area contributed by atoms with Crippen molar-refractivity contribution in [3.05, 3.63) is 62.9 Å². The van der Waals surface area contributed by atoms with Gasteiger partial charge in [-0.2, -0.15) is 5.26 Å². The Morgan fingerprint density at radius 1 is 1.18 bits per heavy atom. The van der Waals surface area contributed by atoms with Crippen molar-refractivity contribution in [2.75, 3.05) is 0 Å². The monoisotopic (exact) mass is 346 g/mol. The molecule has 1 aromatic carbocycles. The normalized spacial score (nSPS) is 11.9. The molecule has 0 aliphatic carbocycles. The van der Waals surface area contributed by atoms with Gasteiger partial charge >= 0.3 is 0 Å². The third-order valence-electron chi connectivity index (χ3n) is 2.96. The Hall–Kier alpha value is -2.00. The fourth-order valence-electron chi connectivity index (χ4n) is 1.96. The predicted molar refractivity (Wildman–Crippen MR) is 87.1 cm³/mol. The Bertz CT molecular complexity index is 856. The Kier molecular flexibility index (Phi) is 4.34. The van der Waals surface area contributed by atoms with Crippen molar-refractivity contribution in [1.29, 1.82) is 5.26 Å². The molecule has 3 rings (SSSR count). The Labute approximate surface area is 141 Å². The molecule has 1 unspecified atom stereocenters. The zero-order chi connectivity index (χ0) is 15.5. The van der Waals surface area contributed by atoms with Crippen LogP contribution in [0.15, 0.2) is 41.9 Å². The van der Waals surface area contributed by atoms with Crippen molar-refractivity contribution < 1.29 is 0 Å². The summed E-state index contributed by atoms with van der Waals surface area (Å²) in [6.45, 7) is 0. The SMILES string of the molecule is N#CC(c1ccnc(Cl)n1)c1nc(-c2cccc(Cl)c2)cs1. The summed E-state index contributed by atoms with van der Waals surface area (Å²) in [6.07, 6.45) is 1.53. The molecule has 0 fully saturated rings. The molecule has 0 aliphatic rings. The maximum Gasteiger partial charge on any atom is 0.222 e. The summed E-state index contributed by atoms with van der Waals surface area (Å²) in [4.78, 5) is 12.5. The van der Waals surface area contributed by atoms with E-state index in [9.17, 15) is 5.26 Å². The summed E-state index contributed by atoms with van der Waals surface area (Å²) in [5, 5.41) is 12.8. The van der Waals surface area contributed by atoms with Crippen molar-refractivity contribution in [3.63, 3.8) is 0 Å². The average molecular weight is 347 g/mol. The number of hydrogen-bond donors (Lipinski definition) is 0. The van der Waals surface area contributed by atoms with Crippen LogP contribution >= 0.6 is 34.5 Å². The van der Waals surface area contributed by atoms with Crippen LogP contribution in [-0.2, 0) is 0 Å². The number of nitrogens with zero attached hydrogens (tertiary/aromatic N) is 4. The van der Waals surface area contributed by atoms with E-state index < -0.39 is 5.92 Å². The molecule has 0 saturated carbocycles. The number of benzene rings is 1. The van der Waals surface area contributed by atoms with Gasteiger partial charge in [0.25, 0.3) is 0 Å². The fourth-order valence-corrected chi connectivity index (χ4v) is 3.18. The van der Waals surface area contributed by atoms with Gasteiger partial charge in [0.2, 0.25) is 5.28 Å². The lowest BCUT2D eigenvalue weighted by molar-refractivity contribution is 0.931. The summed E-state index contributed by atoms with van der Waals surface area (Å²) >= 11 is 13.2. The van der Waals surface area contributed by atoms with Gasteiger partial charge in [0, 0.05) is 22.2 Å². The highest BCUT2D eigenvalue weighted by molar-refractivity contribution is 7.10. The molecule has 7 heteroatoms. The number of thiazole rings is 1. The van der Waals surface area contributed by atoms with E-state index in [1.54, 1.807) is 12.1 Å². The van der Waals surface area contributed by atoms with Gasteiger partial charge in [0.05, 0.1) is 17.5 Å². The van der Waals surface area contributed by atoms with E-state index in [0.717, 1.165) is 11.3 Å². The first-order valence-corrected chi connectivity index (χ1v) is 7.90. The highest BCUT2D eigenvalue weighted by Gasteiger charge is 2.20. The minimum atomic E-state index is -0.571. The molecule has 0 N–H and O–H groups in total. The van der Waals surface area contributed by atoms with Crippen LogP contribution in [0.2, 0.25) is 10.3 Å². The highest BCUT2D eigenvalue weighted by atomic mass is 35.5. The van der Waals surface area contributed by atoms with Gasteiger partial charge in [-0.1, -0.05) is 23.7 Å². The summed E-state index contributed by atoms with van der Waals surface area (Å²) in [6, 6.07) is 11.3. The van der Waals surface area contributed by atoms with Crippen LogP contribution in [0.5, 0.6) is 0 Å². The molecule has 0 amide bonds. The van der Waals surface area contributed by atoms with Crippen molar-refractivity contribution in [2.24, 2.45) is 0 Å². The minimum absolute atomic E-state index is 0.115. The van der Waals surface area contributed by atoms with Crippen LogP contribution in [0.4, 0.5) is 0 Å². The molecule has 0 spiro atoms. The quantitative estimate of drug-likeness (QED) is 0.652. The molecule has 0 bridgehead atoms. The predicted octanol–water partition coefficient (Wildman–Crippen LogP) is 4.56. The van der Waals surface area contributed by atoms with E-state index in [-0.39, 0.29) is 5.28 Å². The van der Waals surface area contributed by atoms with Gasteiger partial charge in [-0.3, -0.25) is 0 Å². The van der Waals surface area contributed by atoms with Crippen LogP contribution in [0.3, 0.4) is 0 Å². The van der Waals surface area contributed by atoms with Crippen LogP contribution in [0.25, 0.3) is 11.3 Å². The summed E-state index contributed by atoms with van der Waals surface area (Å²) in [5.74, 6) is -0.571. The van der Waals surface area contributed by atoms with E-state index >= 15 is 0 Å². The number of nitriles is 1. The first kappa shape index (κ1) is 14.9. The van der Waals surface area contributed by atoms with E-state index in [1.165, 1.54) is 17.5 Å². The maximum absolute atomic E-state index is 9.44. The summed E-state index contributed by atoms with van der Waals surface area (Å²) in [7, 11) is 0. The first-order chi connectivity index (χ1) is 10.7. The third-order valence-corrected chi connectivity index (χ3v) is 4.29. The maximum atomic E-state index is 9.44. The van der Waals surface area contributed by atoms with Gasteiger partial charge in [-0.05, 0) is 29.8 Å². The van der Waals surface area contributed by atoms with Crippen LogP contribution < -0.4 is 0 Å². The zero-order valence-electron chi connectivity index (χ0n) is 11.1. The molecule has 0 aliphatic heterocycles. The molecular formula is C15H8Cl2N4S. The molecule has 0 saturated heterocycles. The lowest BCUT2D eigenvalue weighted by Crippen LogP contribution is -2.01. The largest absolute Gasteiger partial charge is 0.239 e. The summed E-state index contributed by atoms with van der Waals surface area (Å²) in [5.41, 5.74) is 2.23. The highest BCUT2D eigenvalue weighted by Crippen LogP contribution is 2.30. The second kappa shape index (κ2) is 6.41. The molecule has 0 radical (unpaired) electrons. The standard InChI is InChI=1S/C15H8Cl2N4S/c16-10-3-1-2-9(6-10)13-8-22-14(20-13)11(7-18)12-4-5-19-15(17)21-12/h1-6,8,11H. The Morgan fingerprint density at radius 2 is 2.05 bits per heavy atom. The average Bonchev–Trinajstić information content (AvgIpc) is 2.98. The topological polar surface area (TPSA) is 62.5 Å². The smallest absolute Gasteiger partial charge is 0.222 e. The second-order valence-corrected chi connectivity index (χ2v) is 6.06. The minimum Gasteiger partial charge on any atom is -0.239 e. The molecule has 22 heavy (non-hydrogen) atoms. The van der Waals surface area contributed by atoms with Gasteiger partial charge in [-0.15, -0.1) is 11.3 Å².